The molecule has 0 saturated heterocycles. The lowest BCUT2D eigenvalue weighted by molar-refractivity contribution is -0.127. The van der Waals surface area contributed by atoms with Gasteiger partial charge < -0.3 is 10.1 Å². The molecule has 1 aromatic carbocycles. The summed E-state index contributed by atoms with van der Waals surface area (Å²) in [6, 6.07) is 7.21. The Labute approximate surface area is 123 Å². The Balaban J connectivity index is 1.92. The molecule has 0 fully saturated rings. The molecule has 7 nitrogen and oxygen atoms in total. The van der Waals surface area contributed by atoms with Gasteiger partial charge in [0.05, 0.1) is 5.69 Å². The Hall–Kier alpha value is -2.44. The number of nitrogens with one attached hydrogen (secondary N) is 1. The SMILES string of the molecule is CC(C)CNC(=O)C(C)Oc1ccc(-n2cnnn2)cc1. The van der Waals surface area contributed by atoms with Crippen molar-refractivity contribution in [3.63, 3.8) is 0 Å². The van der Waals surface area contributed by atoms with Crippen molar-refractivity contribution >= 4 is 5.91 Å². The van der Waals surface area contributed by atoms with E-state index in [9.17, 15) is 4.79 Å². The molecular formula is C14H19N5O2. The number of amides is 1. The van der Waals surface area contributed by atoms with Gasteiger partial charge in [-0.15, -0.1) is 5.10 Å². The third-order valence-electron chi connectivity index (χ3n) is 2.82. The van der Waals surface area contributed by atoms with Crippen LogP contribution in [0.3, 0.4) is 0 Å². The Bertz CT molecular complexity index is 566. The van der Waals surface area contributed by atoms with Gasteiger partial charge in [0.2, 0.25) is 0 Å². The van der Waals surface area contributed by atoms with Gasteiger partial charge >= 0.3 is 0 Å². The summed E-state index contributed by atoms with van der Waals surface area (Å²) in [5.74, 6) is 0.920. The first kappa shape index (κ1) is 15.0. The van der Waals surface area contributed by atoms with E-state index in [-0.39, 0.29) is 5.91 Å². The summed E-state index contributed by atoms with van der Waals surface area (Å²) in [6.07, 6.45) is 0.973. The molecule has 0 aliphatic rings. The van der Waals surface area contributed by atoms with Gasteiger partial charge in [-0.3, -0.25) is 4.79 Å². The highest BCUT2D eigenvalue weighted by Crippen LogP contribution is 2.15. The fraction of sp³-hybridized carbons (Fsp3) is 0.429. The van der Waals surface area contributed by atoms with Gasteiger partial charge in [0.15, 0.2) is 6.10 Å². The summed E-state index contributed by atoms with van der Waals surface area (Å²) < 4.78 is 7.15. The summed E-state index contributed by atoms with van der Waals surface area (Å²) in [5.41, 5.74) is 0.823. The monoisotopic (exact) mass is 289 g/mol. The first-order valence-corrected chi connectivity index (χ1v) is 6.84. The van der Waals surface area contributed by atoms with Crippen LogP contribution in [0.5, 0.6) is 5.75 Å². The third kappa shape index (κ3) is 4.27. The summed E-state index contributed by atoms with van der Waals surface area (Å²) >= 11 is 0. The first-order chi connectivity index (χ1) is 10.1. The molecule has 7 heteroatoms. The maximum absolute atomic E-state index is 11.8. The quantitative estimate of drug-likeness (QED) is 0.864. The smallest absolute Gasteiger partial charge is 0.260 e. The van der Waals surface area contributed by atoms with E-state index in [0.29, 0.717) is 18.2 Å². The van der Waals surface area contributed by atoms with Gasteiger partial charge in [-0.25, -0.2) is 4.68 Å². The summed E-state index contributed by atoms with van der Waals surface area (Å²) in [5, 5.41) is 13.8. The number of carbonyl (C=O) groups excluding carboxylic acids is 1. The van der Waals surface area contributed by atoms with E-state index in [4.69, 9.17) is 4.74 Å². The lowest BCUT2D eigenvalue weighted by Crippen LogP contribution is -2.38. The van der Waals surface area contributed by atoms with Gasteiger partial charge in [-0.1, -0.05) is 13.8 Å². The second-order valence-corrected chi connectivity index (χ2v) is 5.15. The Morgan fingerprint density at radius 3 is 2.57 bits per heavy atom. The maximum Gasteiger partial charge on any atom is 0.260 e. The van der Waals surface area contributed by atoms with E-state index in [1.54, 1.807) is 23.7 Å². The maximum atomic E-state index is 11.8. The average molecular weight is 289 g/mol. The molecule has 2 rings (SSSR count). The third-order valence-corrected chi connectivity index (χ3v) is 2.82. The molecule has 0 radical (unpaired) electrons. The lowest BCUT2D eigenvalue weighted by atomic mass is 10.2. The molecule has 1 atom stereocenters. The summed E-state index contributed by atoms with van der Waals surface area (Å²) in [7, 11) is 0. The van der Waals surface area contributed by atoms with Crippen molar-refractivity contribution < 1.29 is 9.53 Å². The van der Waals surface area contributed by atoms with E-state index in [1.807, 2.05) is 26.0 Å². The zero-order valence-electron chi connectivity index (χ0n) is 12.4. The molecule has 0 spiro atoms. The van der Waals surface area contributed by atoms with Crippen molar-refractivity contribution in [3.8, 4) is 11.4 Å². The van der Waals surface area contributed by atoms with Gasteiger partial charge in [0, 0.05) is 6.54 Å². The molecule has 0 bridgehead atoms. The number of hydrogen-bond acceptors (Lipinski definition) is 5. The van der Waals surface area contributed by atoms with Crippen LogP contribution in [0.25, 0.3) is 5.69 Å². The Morgan fingerprint density at radius 1 is 1.29 bits per heavy atom. The number of ether oxygens (including phenoxy) is 1. The number of tetrazole rings is 1. The van der Waals surface area contributed by atoms with E-state index < -0.39 is 6.10 Å². The van der Waals surface area contributed by atoms with Crippen LogP contribution in [0, 0.1) is 5.92 Å². The minimum atomic E-state index is -0.539. The number of nitrogens with zero attached hydrogens (tertiary/aromatic N) is 4. The molecule has 2 aromatic rings. The van der Waals surface area contributed by atoms with E-state index in [2.05, 4.69) is 20.8 Å². The second-order valence-electron chi connectivity index (χ2n) is 5.15. The number of benzene rings is 1. The average Bonchev–Trinajstić information content (AvgIpc) is 2.99. The fourth-order valence-electron chi connectivity index (χ4n) is 1.66. The van der Waals surface area contributed by atoms with Crippen LogP contribution in [0.4, 0.5) is 0 Å². The molecule has 1 heterocycles. The second kappa shape index (κ2) is 6.83. The topological polar surface area (TPSA) is 81.9 Å². The standard InChI is InChI=1S/C14H19N5O2/c1-10(2)8-15-14(20)11(3)21-13-6-4-12(5-7-13)19-9-16-17-18-19/h4-7,9-11H,8H2,1-3H3,(H,15,20). The predicted octanol–water partition coefficient (Wildman–Crippen LogP) is 1.20. The van der Waals surface area contributed by atoms with Crippen molar-refractivity contribution in [1.29, 1.82) is 0 Å². The molecule has 1 aromatic heterocycles. The van der Waals surface area contributed by atoms with Crippen molar-refractivity contribution in [1.82, 2.24) is 25.5 Å². The summed E-state index contributed by atoms with van der Waals surface area (Å²) in [6.45, 7) is 6.46. The van der Waals surface area contributed by atoms with Gasteiger partial charge in [0.25, 0.3) is 5.91 Å². The molecule has 21 heavy (non-hydrogen) atoms. The molecule has 1 unspecified atom stereocenters. The van der Waals surface area contributed by atoms with E-state index in [1.165, 1.54) is 6.33 Å². The minimum Gasteiger partial charge on any atom is -0.481 e. The first-order valence-electron chi connectivity index (χ1n) is 6.84. The van der Waals surface area contributed by atoms with Crippen LogP contribution in [0.1, 0.15) is 20.8 Å². The zero-order chi connectivity index (χ0) is 15.2. The van der Waals surface area contributed by atoms with E-state index >= 15 is 0 Å². The number of rotatable bonds is 6. The molecule has 0 aliphatic carbocycles. The molecular weight excluding hydrogens is 270 g/mol. The van der Waals surface area contributed by atoms with Crippen LogP contribution in [-0.4, -0.2) is 38.8 Å². The van der Waals surface area contributed by atoms with Gasteiger partial charge in [-0.2, -0.15) is 0 Å². The zero-order valence-corrected chi connectivity index (χ0v) is 12.4. The van der Waals surface area contributed by atoms with E-state index in [0.717, 1.165) is 5.69 Å². The largest absolute Gasteiger partial charge is 0.481 e. The van der Waals surface area contributed by atoms with Crippen LogP contribution in [-0.2, 0) is 4.79 Å². The lowest BCUT2D eigenvalue weighted by Gasteiger charge is -2.15. The Morgan fingerprint density at radius 2 is 2.00 bits per heavy atom. The fourth-order valence-corrected chi connectivity index (χ4v) is 1.66. The minimum absolute atomic E-state index is 0.117. The van der Waals surface area contributed by atoms with Gasteiger partial charge in [0.1, 0.15) is 12.1 Å². The Kier molecular flexibility index (Phi) is 4.86. The van der Waals surface area contributed by atoms with Crippen molar-refractivity contribution in [2.75, 3.05) is 6.54 Å². The van der Waals surface area contributed by atoms with Crippen molar-refractivity contribution in [3.05, 3.63) is 30.6 Å². The van der Waals surface area contributed by atoms with Crippen LogP contribution in [0.15, 0.2) is 30.6 Å². The predicted molar refractivity (Wildman–Crippen MR) is 77.1 cm³/mol. The molecule has 1 amide bonds. The van der Waals surface area contributed by atoms with Crippen LogP contribution < -0.4 is 10.1 Å². The molecule has 0 aliphatic heterocycles. The van der Waals surface area contributed by atoms with Crippen LogP contribution in [0.2, 0.25) is 0 Å². The highest BCUT2D eigenvalue weighted by atomic mass is 16.5. The van der Waals surface area contributed by atoms with Gasteiger partial charge in [-0.05, 0) is 47.5 Å². The van der Waals surface area contributed by atoms with Crippen LogP contribution >= 0.6 is 0 Å². The normalized spacial score (nSPS) is 12.2. The highest BCUT2D eigenvalue weighted by Gasteiger charge is 2.14. The van der Waals surface area contributed by atoms with Crippen molar-refractivity contribution in [2.24, 2.45) is 5.92 Å². The molecule has 0 saturated carbocycles. The summed E-state index contributed by atoms with van der Waals surface area (Å²) in [4.78, 5) is 11.8. The highest BCUT2D eigenvalue weighted by molar-refractivity contribution is 5.80. The molecule has 112 valence electrons. The molecule has 1 N–H and O–H groups in total. The number of hydrogen-bond donors (Lipinski definition) is 1. The number of aromatic nitrogens is 4. The number of carbonyl (C=O) groups is 1. The van der Waals surface area contributed by atoms with Crippen molar-refractivity contribution in [2.45, 2.75) is 26.9 Å².